The summed E-state index contributed by atoms with van der Waals surface area (Å²) < 4.78 is 0. The van der Waals surface area contributed by atoms with Crippen LogP contribution in [0.15, 0.2) is 24.3 Å². The van der Waals surface area contributed by atoms with E-state index in [2.05, 4.69) is 27.8 Å². The second-order valence-corrected chi connectivity index (χ2v) is 4.92. The fourth-order valence-electron chi connectivity index (χ4n) is 2.55. The standard InChI is InChI=1S/C15H18N4O/c1-2-10-5-3-4-6-12(10)17-15(20)14-11-9-16-8-7-13(11)18-19-14/h3-6,16H,2,7-9H2,1H3,(H,17,20)(H,18,19). The van der Waals surface area contributed by atoms with E-state index >= 15 is 0 Å². The molecule has 2 aromatic rings. The van der Waals surface area contributed by atoms with Crippen molar-refractivity contribution in [2.75, 3.05) is 11.9 Å². The smallest absolute Gasteiger partial charge is 0.276 e. The van der Waals surface area contributed by atoms with E-state index in [1.165, 1.54) is 0 Å². The molecule has 1 aliphatic rings. The number of H-pyrrole nitrogens is 1. The first-order valence-corrected chi connectivity index (χ1v) is 6.95. The number of benzene rings is 1. The Balaban J connectivity index is 1.85. The van der Waals surface area contributed by atoms with E-state index in [-0.39, 0.29) is 5.91 Å². The first-order valence-electron chi connectivity index (χ1n) is 6.95. The molecule has 0 unspecified atom stereocenters. The molecule has 20 heavy (non-hydrogen) atoms. The molecule has 0 radical (unpaired) electrons. The molecular weight excluding hydrogens is 252 g/mol. The number of aryl methyl sites for hydroxylation is 1. The number of anilines is 1. The predicted molar refractivity (Wildman–Crippen MR) is 77.8 cm³/mol. The Morgan fingerprint density at radius 3 is 3.10 bits per heavy atom. The minimum Gasteiger partial charge on any atom is -0.320 e. The quantitative estimate of drug-likeness (QED) is 0.797. The number of nitrogens with one attached hydrogen (secondary N) is 3. The van der Waals surface area contributed by atoms with Gasteiger partial charge >= 0.3 is 0 Å². The first kappa shape index (κ1) is 12.9. The number of nitrogens with zero attached hydrogens (tertiary/aromatic N) is 1. The molecule has 1 aliphatic heterocycles. The van der Waals surface area contributed by atoms with Crippen LogP contribution >= 0.6 is 0 Å². The summed E-state index contributed by atoms with van der Waals surface area (Å²) in [5, 5.41) is 13.4. The van der Waals surface area contributed by atoms with Gasteiger partial charge in [-0.05, 0) is 18.1 Å². The molecular formula is C15H18N4O. The van der Waals surface area contributed by atoms with Gasteiger partial charge in [0.1, 0.15) is 0 Å². The number of carbonyl (C=O) groups is 1. The summed E-state index contributed by atoms with van der Waals surface area (Å²) in [6, 6.07) is 7.86. The SMILES string of the molecule is CCc1ccccc1NC(=O)c1n[nH]c2c1CNCC2. The normalized spacial score (nSPS) is 13.8. The highest BCUT2D eigenvalue weighted by Gasteiger charge is 2.21. The predicted octanol–water partition coefficient (Wildman–Crippen LogP) is 1.87. The molecule has 0 fully saturated rings. The summed E-state index contributed by atoms with van der Waals surface area (Å²) in [6.07, 6.45) is 1.78. The fraction of sp³-hybridized carbons (Fsp3) is 0.333. The summed E-state index contributed by atoms with van der Waals surface area (Å²) in [5.74, 6) is -0.146. The van der Waals surface area contributed by atoms with Gasteiger partial charge in [0.2, 0.25) is 0 Å². The van der Waals surface area contributed by atoms with Crippen molar-refractivity contribution >= 4 is 11.6 Å². The van der Waals surface area contributed by atoms with Gasteiger partial charge in [-0.2, -0.15) is 5.10 Å². The third kappa shape index (κ3) is 2.32. The van der Waals surface area contributed by atoms with Crippen LogP contribution in [0.2, 0.25) is 0 Å². The minimum absolute atomic E-state index is 0.146. The van der Waals surface area contributed by atoms with E-state index in [0.29, 0.717) is 12.2 Å². The molecule has 0 saturated heterocycles. The molecule has 0 spiro atoms. The number of hydrogen-bond acceptors (Lipinski definition) is 3. The zero-order valence-corrected chi connectivity index (χ0v) is 11.5. The molecule has 5 heteroatoms. The van der Waals surface area contributed by atoms with Gasteiger partial charge in [-0.3, -0.25) is 9.89 Å². The number of amides is 1. The van der Waals surface area contributed by atoms with E-state index in [0.717, 1.165) is 41.9 Å². The van der Waals surface area contributed by atoms with Gasteiger partial charge in [-0.25, -0.2) is 0 Å². The maximum absolute atomic E-state index is 12.4. The second-order valence-electron chi connectivity index (χ2n) is 4.92. The van der Waals surface area contributed by atoms with Crippen molar-refractivity contribution in [3.8, 4) is 0 Å². The van der Waals surface area contributed by atoms with Crippen LogP contribution in [0.4, 0.5) is 5.69 Å². The largest absolute Gasteiger partial charge is 0.320 e. The lowest BCUT2D eigenvalue weighted by atomic mass is 10.1. The zero-order valence-electron chi connectivity index (χ0n) is 11.5. The van der Waals surface area contributed by atoms with E-state index < -0.39 is 0 Å². The Labute approximate surface area is 117 Å². The maximum atomic E-state index is 12.4. The summed E-state index contributed by atoms with van der Waals surface area (Å²) in [4.78, 5) is 12.4. The zero-order chi connectivity index (χ0) is 13.9. The number of rotatable bonds is 3. The molecule has 0 saturated carbocycles. The van der Waals surface area contributed by atoms with Gasteiger partial charge in [0.05, 0.1) is 0 Å². The Hall–Kier alpha value is -2.14. The summed E-state index contributed by atoms with van der Waals surface area (Å²) in [6.45, 7) is 3.70. The van der Waals surface area contributed by atoms with Crippen LogP contribution < -0.4 is 10.6 Å². The lowest BCUT2D eigenvalue weighted by molar-refractivity contribution is 0.102. The number of carbonyl (C=O) groups excluding carboxylic acids is 1. The summed E-state index contributed by atoms with van der Waals surface area (Å²) in [7, 11) is 0. The van der Waals surface area contributed by atoms with Gasteiger partial charge in [-0.15, -0.1) is 0 Å². The molecule has 3 rings (SSSR count). The lowest BCUT2D eigenvalue weighted by Gasteiger charge is -2.13. The molecule has 1 aromatic heterocycles. The molecule has 1 aromatic carbocycles. The number of fused-ring (bicyclic) bond motifs is 1. The van der Waals surface area contributed by atoms with Crippen molar-refractivity contribution in [2.45, 2.75) is 26.3 Å². The third-order valence-corrected chi connectivity index (χ3v) is 3.67. The van der Waals surface area contributed by atoms with Crippen molar-refractivity contribution < 1.29 is 4.79 Å². The molecule has 3 N–H and O–H groups in total. The van der Waals surface area contributed by atoms with Crippen LogP contribution in [-0.2, 0) is 19.4 Å². The van der Waals surface area contributed by atoms with Gasteiger partial charge in [-0.1, -0.05) is 25.1 Å². The molecule has 2 heterocycles. The molecule has 0 atom stereocenters. The Bertz CT molecular complexity index is 633. The molecule has 0 aliphatic carbocycles. The van der Waals surface area contributed by atoms with Crippen molar-refractivity contribution in [3.63, 3.8) is 0 Å². The number of aromatic amines is 1. The molecule has 0 bridgehead atoms. The van der Waals surface area contributed by atoms with E-state index in [4.69, 9.17) is 0 Å². The fourth-order valence-corrected chi connectivity index (χ4v) is 2.55. The number of aromatic nitrogens is 2. The van der Waals surface area contributed by atoms with Crippen LogP contribution in [0.3, 0.4) is 0 Å². The number of hydrogen-bond donors (Lipinski definition) is 3. The summed E-state index contributed by atoms with van der Waals surface area (Å²) >= 11 is 0. The topological polar surface area (TPSA) is 69.8 Å². The van der Waals surface area contributed by atoms with Crippen molar-refractivity contribution in [1.29, 1.82) is 0 Å². The third-order valence-electron chi connectivity index (χ3n) is 3.67. The molecule has 104 valence electrons. The van der Waals surface area contributed by atoms with E-state index in [1.807, 2.05) is 24.3 Å². The highest BCUT2D eigenvalue weighted by atomic mass is 16.1. The first-order chi connectivity index (χ1) is 9.79. The van der Waals surface area contributed by atoms with Crippen molar-refractivity contribution in [2.24, 2.45) is 0 Å². The monoisotopic (exact) mass is 270 g/mol. The molecule has 5 nitrogen and oxygen atoms in total. The van der Waals surface area contributed by atoms with Crippen LogP contribution in [-0.4, -0.2) is 22.6 Å². The Kier molecular flexibility index (Phi) is 3.52. The van der Waals surface area contributed by atoms with Gasteiger partial charge < -0.3 is 10.6 Å². The highest BCUT2D eigenvalue weighted by Crippen LogP contribution is 2.19. The van der Waals surface area contributed by atoms with Crippen LogP contribution in [0, 0.1) is 0 Å². The maximum Gasteiger partial charge on any atom is 0.276 e. The van der Waals surface area contributed by atoms with E-state index in [1.54, 1.807) is 0 Å². The number of para-hydroxylation sites is 1. The van der Waals surface area contributed by atoms with Crippen LogP contribution in [0.1, 0.15) is 34.2 Å². The van der Waals surface area contributed by atoms with Gasteiger partial charge in [0, 0.05) is 36.5 Å². The summed E-state index contributed by atoms with van der Waals surface area (Å²) in [5.41, 5.74) is 4.54. The lowest BCUT2D eigenvalue weighted by Crippen LogP contribution is -2.25. The van der Waals surface area contributed by atoms with Crippen molar-refractivity contribution in [1.82, 2.24) is 15.5 Å². The van der Waals surface area contributed by atoms with Crippen LogP contribution in [0.5, 0.6) is 0 Å². The average Bonchev–Trinajstić information content (AvgIpc) is 2.92. The highest BCUT2D eigenvalue weighted by molar-refractivity contribution is 6.04. The Morgan fingerprint density at radius 2 is 2.25 bits per heavy atom. The minimum atomic E-state index is -0.146. The van der Waals surface area contributed by atoms with Crippen molar-refractivity contribution in [3.05, 3.63) is 46.8 Å². The Morgan fingerprint density at radius 1 is 1.40 bits per heavy atom. The van der Waals surface area contributed by atoms with E-state index in [9.17, 15) is 4.79 Å². The van der Waals surface area contributed by atoms with Gasteiger partial charge in [0.15, 0.2) is 5.69 Å². The average molecular weight is 270 g/mol. The second kappa shape index (κ2) is 5.46. The van der Waals surface area contributed by atoms with Crippen LogP contribution in [0.25, 0.3) is 0 Å². The molecule has 1 amide bonds. The van der Waals surface area contributed by atoms with Gasteiger partial charge in [0.25, 0.3) is 5.91 Å².